The van der Waals surface area contributed by atoms with Crippen molar-refractivity contribution >= 4 is 53.5 Å². The van der Waals surface area contributed by atoms with E-state index in [0.717, 1.165) is 0 Å². The van der Waals surface area contributed by atoms with E-state index < -0.39 is 15.6 Å². The Balaban J connectivity index is 3.34. The second kappa shape index (κ2) is 5.79. The first-order valence-electron chi connectivity index (χ1n) is 5.13. The topological polar surface area (TPSA) is 37.4 Å². The number of halogens is 3. The van der Waals surface area contributed by atoms with Crippen LogP contribution in [0.5, 0.6) is 0 Å². The zero-order valence-electron chi connectivity index (χ0n) is 10.2. The number of sulfonamides is 1. The van der Waals surface area contributed by atoms with Crippen molar-refractivity contribution in [3.8, 4) is 0 Å². The second-order valence-corrected chi connectivity index (χ2v) is 8.47. The first kappa shape index (κ1) is 16.4. The number of nitrogens with zero attached hydrogens (tertiary/aromatic N) is 1. The van der Waals surface area contributed by atoms with Crippen LogP contribution in [0.1, 0.15) is 13.8 Å². The van der Waals surface area contributed by atoms with E-state index in [0.29, 0.717) is 8.95 Å². The summed E-state index contributed by atoms with van der Waals surface area (Å²) >= 11 is 12.4. The number of rotatable bonds is 4. The molecule has 0 radical (unpaired) electrons. The van der Waals surface area contributed by atoms with Gasteiger partial charge in [-0.3, -0.25) is 0 Å². The van der Waals surface area contributed by atoms with E-state index in [4.69, 9.17) is 11.6 Å². The Labute approximate surface area is 130 Å². The highest BCUT2D eigenvalue weighted by Gasteiger charge is 2.34. The lowest BCUT2D eigenvalue weighted by Crippen LogP contribution is -2.46. The minimum atomic E-state index is -3.59. The summed E-state index contributed by atoms with van der Waals surface area (Å²) in [7, 11) is -2.06. The Hall–Kier alpha value is 0.380. The van der Waals surface area contributed by atoms with E-state index in [2.05, 4.69) is 31.9 Å². The molecule has 18 heavy (non-hydrogen) atoms. The summed E-state index contributed by atoms with van der Waals surface area (Å²) in [5, 5.41) is 0. The first-order chi connectivity index (χ1) is 8.13. The van der Waals surface area contributed by atoms with Gasteiger partial charge in [-0.15, -0.1) is 11.6 Å². The summed E-state index contributed by atoms with van der Waals surface area (Å²) < 4.78 is 27.6. The van der Waals surface area contributed by atoms with Crippen LogP contribution in [-0.4, -0.2) is 31.2 Å². The Morgan fingerprint density at radius 3 is 2.39 bits per heavy atom. The molecule has 0 unspecified atom stereocenters. The molecule has 0 amide bonds. The molecule has 0 aliphatic rings. The monoisotopic (exact) mass is 417 g/mol. The maximum atomic E-state index is 12.5. The van der Waals surface area contributed by atoms with Crippen LogP contribution < -0.4 is 0 Å². The van der Waals surface area contributed by atoms with E-state index >= 15 is 0 Å². The predicted molar refractivity (Wildman–Crippen MR) is 81.6 cm³/mol. The molecular weight excluding hydrogens is 405 g/mol. The van der Waals surface area contributed by atoms with Gasteiger partial charge < -0.3 is 0 Å². The SMILES string of the molecule is CN(C(C)(C)CCl)S(=O)(=O)c1cc(Br)ccc1Br. The van der Waals surface area contributed by atoms with Crippen molar-refractivity contribution in [2.75, 3.05) is 12.9 Å². The van der Waals surface area contributed by atoms with Gasteiger partial charge in [-0.05, 0) is 48.0 Å². The van der Waals surface area contributed by atoms with Crippen molar-refractivity contribution in [1.82, 2.24) is 4.31 Å². The summed E-state index contributed by atoms with van der Waals surface area (Å²) in [6.07, 6.45) is 0. The highest BCUT2D eigenvalue weighted by Crippen LogP contribution is 2.31. The van der Waals surface area contributed by atoms with Crippen LogP contribution in [0.15, 0.2) is 32.0 Å². The van der Waals surface area contributed by atoms with Gasteiger partial charge in [0.05, 0.1) is 4.90 Å². The van der Waals surface area contributed by atoms with Crippen LogP contribution in [-0.2, 0) is 10.0 Å². The number of hydrogen-bond acceptors (Lipinski definition) is 2. The molecule has 3 nitrogen and oxygen atoms in total. The molecule has 0 atom stereocenters. The van der Waals surface area contributed by atoms with Crippen molar-refractivity contribution in [1.29, 1.82) is 0 Å². The molecule has 1 rings (SSSR count). The van der Waals surface area contributed by atoms with Crippen LogP contribution >= 0.6 is 43.5 Å². The summed E-state index contributed by atoms with van der Waals surface area (Å²) in [6.45, 7) is 3.56. The van der Waals surface area contributed by atoms with Crippen LogP contribution in [0.2, 0.25) is 0 Å². The van der Waals surface area contributed by atoms with Crippen LogP contribution in [0.25, 0.3) is 0 Å². The van der Waals surface area contributed by atoms with Crippen LogP contribution in [0.4, 0.5) is 0 Å². The number of alkyl halides is 1. The summed E-state index contributed by atoms with van der Waals surface area (Å²) in [4.78, 5) is 0.220. The maximum absolute atomic E-state index is 12.5. The molecule has 7 heteroatoms. The molecule has 1 aromatic carbocycles. The Kier molecular flexibility index (Phi) is 5.29. The highest BCUT2D eigenvalue weighted by atomic mass is 79.9. The van der Waals surface area contributed by atoms with Crippen molar-refractivity contribution in [2.45, 2.75) is 24.3 Å². The van der Waals surface area contributed by atoms with Gasteiger partial charge in [-0.25, -0.2) is 8.42 Å². The second-order valence-electron chi connectivity index (χ2n) is 4.49. The maximum Gasteiger partial charge on any atom is 0.244 e. The molecular formula is C11H14Br2ClNO2S. The molecule has 0 N–H and O–H groups in total. The average molecular weight is 420 g/mol. The van der Waals surface area contributed by atoms with E-state index in [9.17, 15) is 8.42 Å². The lowest BCUT2D eigenvalue weighted by molar-refractivity contribution is 0.296. The highest BCUT2D eigenvalue weighted by molar-refractivity contribution is 9.11. The van der Waals surface area contributed by atoms with E-state index in [-0.39, 0.29) is 10.8 Å². The van der Waals surface area contributed by atoms with Gasteiger partial charge in [0.2, 0.25) is 10.0 Å². The lowest BCUT2D eigenvalue weighted by Gasteiger charge is -2.33. The molecule has 0 aromatic heterocycles. The quantitative estimate of drug-likeness (QED) is 0.695. The molecule has 0 saturated carbocycles. The number of benzene rings is 1. The third-order valence-electron chi connectivity index (χ3n) is 2.71. The summed E-state index contributed by atoms with van der Waals surface area (Å²) in [6, 6.07) is 5.04. The lowest BCUT2D eigenvalue weighted by atomic mass is 10.1. The predicted octanol–water partition coefficient (Wildman–Crippen LogP) is 3.85. The van der Waals surface area contributed by atoms with Gasteiger partial charge in [0.15, 0.2) is 0 Å². The van der Waals surface area contributed by atoms with Crippen LogP contribution in [0, 0.1) is 0 Å². The molecule has 0 saturated heterocycles. The van der Waals surface area contributed by atoms with Gasteiger partial charge >= 0.3 is 0 Å². The van der Waals surface area contributed by atoms with Gasteiger partial charge in [0, 0.05) is 27.4 Å². The molecule has 0 aliphatic heterocycles. The summed E-state index contributed by atoms with van der Waals surface area (Å²) in [5.41, 5.74) is -0.651. The van der Waals surface area contributed by atoms with Crippen molar-refractivity contribution in [2.24, 2.45) is 0 Å². The molecule has 1 aromatic rings. The average Bonchev–Trinajstić information content (AvgIpc) is 2.31. The third kappa shape index (κ3) is 3.28. The fourth-order valence-electron chi connectivity index (χ4n) is 1.23. The first-order valence-corrected chi connectivity index (χ1v) is 8.69. The van der Waals surface area contributed by atoms with Crippen LogP contribution in [0.3, 0.4) is 0 Å². The van der Waals surface area contributed by atoms with E-state index in [1.54, 1.807) is 32.0 Å². The van der Waals surface area contributed by atoms with Gasteiger partial charge in [-0.2, -0.15) is 4.31 Å². The molecule has 0 aliphatic carbocycles. The van der Waals surface area contributed by atoms with Gasteiger partial charge in [0.1, 0.15) is 0 Å². The molecule has 0 bridgehead atoms. The van der Waals surface area contributed by atoms with Gasteiger partial charge in [-0.1, -0.05) is 15.9 Å². The zero-order chi connectivity index (χ0) is 14.1. The largest absolute Gasteiger partial charge is 0.244 e. The Morgan fingerprint density at radius 2 is 1.89 bits per heavy atom. The Bertz CT molecular complexity index is 546. The minimum absolute atomic E-state index is 0.217. The standard InChI is InChI=1S/C11H14Br2ClNO2S/c1-11(2,7-14)15(3)18(16,17)10-6-8(12)4-5-9(10)13/h4-6H,7H2,1-3H3. The molecule has 0 spiro atoms. The Morgan fingerprint density at radius 1 is 1.33 bits per heavy atom. The minimum Gasteiger partial charge on any atom is -0.207 e. The fraction of sp³-hybridized carbons (Fsp3) is 0.455. The summed E-state index contributed by atoms with van der Waals surface area (Å²) in [5.74, 6) is 0.217. The van der Waals surface area contributed by atoms with Crippen molar-refractivity contribution in [3.63, 3.8) is 0 Å². The van der Waals surface area contributed by atoms with Crippen molar-refractivity contribution in [3.05, 3.63) is 27.1 Å². The van der Waals surface area contributed by atoms with E-state index in [1.807, 2.05) is 0 Å². The molecule has 0 fully saturated rings. The zero-order valence-corrected chi connectivity index (χ0v) is 15.0. The van der Waals surface area contributed by atoms with E-state index in [1.165, 1.54) is 11.4 Å². The smallest absolute Gasteiger partial charge is 0.207 e. The number of hydrogen-bond donors (Lipinski definition) is 0. The molecule has 0 heterocycles. The molecule has 102 valence electrons. The van der Waals surface area contributed by atoms with Crippen molar-refractivity contribution < 1.29 is 8.42 Å². The van der Waals surface area contributed by atoms with Gasteiger partial charge in [0.25, 0.3) is 0 Å². The normalized spacial score (nSPS) is 13.1. The fourth-order valence-corrected chi connectivity index (χ4v) is 4.46. The third-order valence-corrected chi connectivity index (χ3v) is 6.92.